The number of aromatic nitrogens is 1. The number of aliphatic imine (C=N–C) groups is 1. The third kappa shape index (κ3) is 6.20. The van der Waals surface area contributed by atoms with Gasteiger partial charge >= 0.3 is 0 Å². The average Bonchev–Trinajstić information content (AvgIpc) is 2.70. The van der Waals surface area contributed by atoms with Crippen LogP contribution in [0, 0.1) is 5.41 Å². The van der Waals surface area contributed by atoms with Crippen LogP contribution in [0.5, 0.6) is 0 Å². The lowest BCUT2D eigenvalue weighted by Crippen LogP contribution is -2.49. The van der Waals surface area contributed by atoms with Crippen LogP contribution >= 0.6 is 24.0 Å². The van der Waals surface area contributed by atoms with Gasteiger partial charge in [0.15, 0.2) is 5.96 Å². The van der Waals surface area contributed by atoms with Crippen molar-refractivity contribution in [3.8, 4) is 0 Å². The minimum Gasteiger partial charge on any atom is -0.392 e. The molecule has 7 heteroatoms. The zero-order valence-electron chi connectivity index (χ0n) is 17.2. The molecule has 0 bridgehead atoms. The second-order valence-corrected chi connectivity index (χ2v) is 8.20. The van der Waals surface area contributed by atoms with E-state index in [0.29, 0.717) is 12.6 Å². The van der Waals surface area contributed by atoms with E-state index in [4.69, 9.17) is 4.99 Å². The Morgan fingerprint density at radius 1 is 1.29 bits per heavy atom. The number of aliphatic hydroxyl groups is 1. The zero-order valence-corrected chi connectivity index (χ0v) is 19.6. The van der Waals surface area contributed by atoms with Crippen molar-refractivity contribution in [3.63, 3.8) is 0 Å². The number of hydrogen-bond donors (Lipinski definition) is 3. The molecule has 1 aromatic rings. The summed E-state index contributed by atoms with van der Waals surface area (Å²) in [6.45, 7) is 7.80. The second kappa shape index (κ2) is 11.2. The monoisotopic (exact) mass is 501 g/mol. The highest BCUT2D eigenvalue weighted by Crippen LogP contribution is 2.36. The van der Waals surface area contributed by atoms with Crippen molar-refractivity contribution in [3.05, 3.63) is 24.4 Å². The highest BCUT2D eigenvalue weighted by atomic mass is 127. The van der Waals surface area contributed by atoms with Crippen LogP contribution in [0.2, 0.25) is 0 Å². The maximum absolute atomic E-state index is 10.4. The molecule has 1 aliphatic heterocycles. The topological polar surface area (TPSA) is 72.8 Å². The van der Waals surface area contributed by atoms with E-state index in [0.717, 1.165) is 63.5 Å². The van der Waals surface area contributed by atoms with Crippen LogP contribution in [-0.4, -0.2) is 54.4 Å². The van der Waals surface area contributed by atoms with E-state index >= 15 is 0 Å². The Hall–Kier alpha value is -1.09. The summed E-state index contributed by atoms with van der Waals surface area (Å²) in [6, 6.07) is 6.51. The summed E-state index contributed by atoms with van der Waals surface area (Å²) in [4.78, 5) is 11.6. The van der Waals surface area contributed by atoms with Gasteiger partial charge in [0.05, 0.1) is 12.6 Å². The molecule has 0 aromatic carbocycles. The molecule has 3 rings (SSSR count). The van der Waals surface area contributed by atoms with E-state index in [1.54, 1.807) is 0 Å². The summed E-state index contributed by atoms with van der Waals surface area (Å²) in [5, 5.41) is 17.4. The molecule has 1 aliphatic carbocycles. The van der Waals surface area contributed by atoms with Crippen molar-refractivity contribution in [2.24, 2.45) is 10.4 Å². The Bertz CT molecular complexity index is 606. The van der Waals surface area contributed by atoms with Gasteiger partial charge in [-0.25, -0.2) is 4.98 Å². The molecule has 0 spiro atoms. The van der Waals surface area contributed by atoms with Crippen molar-refractivity contribution in [1.82, 2.24) is 15.6 Å². The molecule has 2 fully saturated rings. The number of rotatable bonds is 5. The Kier molecular flexibility index (Phi) is 9.27. The van der Waals surface area contributed by atoms with E-state index in [1.807, 2.05) is 18.3 Å². The molecule has 1 saturated heterocycles. The molecule has 158 valence electrons. The first kappa shape index (κ1) is 23.2. The maximum atomic E-state index is 10.4. The van der Waals surface area contributed by atoms with Crippen LogP contribution in [0.1, 0.15) is 52.4 Å². The minimum absolute atomic E-state index is 0. The van der Waals surface area contributed by atoms with Gasteiger partial charge in [0.25, 0.3) is 0 Å². The van der Waals surface area contributed by atoms with Gasteiger partial charge in [0.2, 0.25) is 0 Å². The molecule has 2 aliphatic rings. The fourth-order valence-electron chi connectivity index (χ4n) is 4.13. The Balaban J connectivity index is 0.00000280. The number of pyridine rings is 1. The molecular formula is C21H36IN5O. The SMILES string of the molecule is CCNC(=NCC1(C)CCCCC1O)NC1CCN(c2ccccn2)CC1.I. The van der Waals surface area contributed by atoms with Gasteiger partial charge in [0, 0.05) is 37.3 Å². The number of nitrogens with zero attached hydrogens (tertiary/aromatic N) is 3. The number of guanidine groups is 1. The largest absolute Gasteiger partial charge is 0.392 e. The molecule has 2 heterocycles. The first-order chi connectivity index (χ1) is 13.1. The van der Waals surface area contributed by atoms with Crippen LogP contribution in [-0.2, 0) is 0 Å². The normalized spacial score (nSPS) is 26.5. The number of nitrogens with one attached hydrogen (secondary N) is 2. The number of halogens is 1. The molecule has 0 amide bonds. The number of aliphatic hydroxyl groups excluding tert-OH is 1. The van der Waals surface area contributed by atoms with Gasteiger partial charge in [0.1, 0.15) is 5.82 Å². The number of piperidine rings is 1. The molecule has 3 N–H and O–H groups in total. The van der Waals surface area contributed by atoms with E-state index < -0.39 is 0 Å². The highest BCUT2D eigenvalue weighted by Gasteiger charge is 2.35. The number of anilines is 1. The van der Waals surface area contributed by atoms with Gasteiger partial charge in [-0.05, 0) is 44.7 Å². The van der Waals surface area contributed by atoms with Gasteiger partial charge < -0.3 is 20.6 Å². The third-order valence-electron chi connectivity index (χ3n) is 6.03. The van der Waals surface area contributed by atoms with Gasteiger partial charge in [-0.15, -0.1) is 24.0 Å². The van der Waals surface area contributed by atoms with Crippen LogP contribution in [0.25, 0.3) is 0 Å². The zero-order chi connectivity index (χ0) is 19.1. The summed E-state index contributed by atoms with van der Waals surface area (Å²) in [5.41, 5.74) is -0.0943. The lowest BCUT2D eigenvalue weighted by molar-refractivity contribution is 0.00715. The summed E-state index contributed by atoms with van der Waals surface area (Å²) in [5.74, 6) is 1.95. The molecule has 2 unspecified atom stereocenters. The summed E-state index contributed by atoms with van der Waals surface area (Å²) in [6.07, 6.45) is 8.05. The van der Waals surface area contributed by atoms with Crippen LogP contribution in [0.3, 0.4) is 0 Å². The first-order valence-corrected chi connectivity index (χ1v) is 10.5. The van der Waals surface area contributed by atoms with E-state index in [-0.39, 0.29) is 35.5 Å². The Morgan fingerprint density at radius 2 is 2.07 bits per heavy atom. The molecule has 1 saturated carbocycles. The van der Waals surface area contributed by atoms with Crippen molar-refractivity contribution < 1.29 is 5.11 Å². The van der Waals surface area contributed by atoms with Crippen LogP contribution in [0.4, 0.5) is 5.82 Å². The highest BCUT2D eigenvalue weighted by molar-refractivity contribution is 14.0. The second-order valence-electron chi connectivity index (χ2n) is 8.20. The molecule has 28 heavy (non-hydrogen) atoms. The Morgan fingerprint density at radius 3 is 2.71 bits per heavy atom. The minimum atomic E-state index is -0.237. The summed E-state index contributed by atoms with van der Waals surface area (Å²) in [7, 11) is 0. The molecule has 1 aromatic heterocycles. The van der Waals surface area contributed by atoms with Crippen molar-refractivity contribution >= 4 is 35.8 Å². The van der Waals surface area contributed by atoms with Crippen molar-refractivity contribution in [1.29, 1.82) is 0 Å². The molecule has 2 atom stereocenters. The van der Waals surface area contributed by atoms with Crippen LogP contribution < -0.4 is 15.5 Å². The van der Waals surface area contributed by atoms with Crippen LogP contribution in [0.15, 0.2) is 29.4 Å². The number of hydrogen-bond acceptors (Lipinski definition) is 4. The fourth-order valence-corrected chi connectivity index (χ4v) is 4.13. The van der Waals surface area contributed by atoms with Crippen molar-refractivity contribution in [2.75, 3.05) is 31.1 Å². The lowest BCUT2D eigenvalue weighted by atomic mass is 9.73. The quantitative estimate of drug-likeness (QED) is 0.329. The Labute approximate surface area is 186 Å². The van der Waals surface area contributed by atoms with Crippen molar-refractivity contribution in [2.45, 2.75) is 64.5 Å². The predicted octanol–water partition coefficient (Wildman–Crippen LogP) is 3.16. The average molecular weight is 501 g/mol. The summed E-state index contributed by atoms with van der Waals surface area (Å²) < 4.78 is 0. The van der Waals surface area contributed by atoms with E-state index in [2.05, 4.69) is 40.4 Å². The van der Waals surface area contributed by atoms with E-state index in [1.165, 1.54) is 6.42 Å². The molecular weight excluding hydrogens is 465 g/mol. The predicted molar refractivity (Wildman–Crippen MR) is 127 cm³/mol. The standard InChI is InChI=1S/C21H35N5O.HI/c1-3-22-20(24-16-21(2)12-6-4-8-18(21)27)25-17-10-14-26(15-11-17)19-9-5-7-13-23-19;/h5,7,9,13,17-18,27H,3-4,6,8,10-12,14-16H2,1-2H3,(H2,22,24,25);1H. The first-order valence-electron chi connectivity index (χ1n) is 10.5. The van der Waals surface area contributed by atoms with E-state index in [9.17, 15) is 5.11 Å². The molecule has 6 nitrogen and oxygen atoms in total. The molecule has 0 radical (unpaired) electrons. The van der Waals surface area contributed by atoms with Gasteiger partial charge in [-0.2, -0.15) is 0 Å². The lowest BCUT2D eigenvalue weighted by Gasteiger charge is -2.37. The fraction of sp³-hybridized carbons (Fsp3) is 0.714. The third-order valence-corrected chi connectivity index (χ3v) is 6.03. The van der Waals surface area contributed by atoms with Gasteiger partial charge in [-0.1, -0.05) is 25.8 Å². The summed E-state index contributed by atoms with van der Waals surface area (Å²) >= 11 is 0. The smallest absolute Gasteiger partial charge is 0.191 e. The maximum Gasteiger partial charge on any atom is 0.191 e. The van der Waals surface area contributed by atoms with Gasteiger partial charge in [-0.3, -0.25) is 4.99 Å².